The largest absolute Gasteiger partial charge is 0.418 e. The van der Waals surface area contributed by atoms with Crippen LogP contribution < -0.4 is 21.1 Å². The van der Waals surface area contributed by atoms with E-state index in [1.807, 2.05) is 0 Å². The fourth-order valence-corrected chi connectivity index (χ4v) is 4.94. The summed E-state index contributed by atoms with van der Waals surface area (Å²) in [6.45, 7) is 1.02. The number of anilines is 1. The predicted octanol–water partition coefficient (Wildman–Crippen LogP) is 2.51. The van der Waals surface area contributed by atoms with Gasteiger partial charge in [-0.25, -0.2) is 4.98 Å². The molecule has 3 atom stereocenters. The number of nitrogens with zero attached hydrogens (tertiary/aromatic N) is 2. The van der Waals surface area contributed by atoms with E-state index >= 15 is 0 Å². The number of likely N-dealkylation sites (N-methyl/N-ethyl adjacent to an activating group) is 1. The zero-order chi connectivity index (χ0) is 19.9. The first-order valence-electron chi connectivity index (χ1n) is 9.27. The summed E-state index contributed by atoms with van der Waals surface area (Å²) in [4.78, 5) is 18.2. The first kappa shape index (κ1) is 19.4. The predicted molar refractivity (Wildman–Crippen MR) is 102 cm³/mol. The Morgan fingerprint density at radius 2 is 2.21 bits per heavy atom. The number of halogens is 3. The number of rotatable bonds is 4. The van der Waals surface area contributed by atoms with Crippen molar-refractivity contribution in [3.63, 3.8) is 0 Å². The Morgan fingerprint density at radius 1 is 1.39 bits per heavy atom. The van der Waals surface area contributed by atoms with Crippen molar-refractivity contribution < 1.29 is 18.0 Å². The van der Waals surface area contributed by atoms with E-state index in [-0.39, 0.29) is 24.0 Å². The molecule has 3 N–H and O–H groups in total. The maximum absolute atomic E-state index is 13.2. The van der Waals surface area contributed by atoms with Crippen LogP contribution in [0, 0.1) is 5.92 Å². The number of carbonyl (C=O) groups is 1. The molecule has 1 aliphatic heterocycles. The monoisotopic (exact) mass is 413 g/mol. The van der Waals surface area contributed by atoms with Gasteiger partial charge in [-0.1, -0.05) is 17.4 Å². The van der Waals surface area contributed by atoms with E-state index in [1.165, 1.54) is 6.07 Å². The Balaban J connectivity index is 1.40. The maximum Gasteiger partial charge on any atom is 0.418 e. The molecule has 6 nitrogen and oxygen atoms in total. The molecule has 10 heteroatoms. The second-order valence-corrected chi connectivity index (χ2v) is 8.48. The molecule has 0 radical (unpaired) electrons. The van der Waals surface area contributed by atoms with Crippen molar-refractivity contribution in [1.82, 2.24) is 21.2 Å². The lowest BCUT2D eigenvalue weighted by atomic mass is 9.83. The van der Waals surface area contributed by atoms with Crippen molar-refractivity contribution in [2.24, 2.45) is 5.92 Å². The first-order valence-corrected chi connectivity index (χ1v) is 10.1. The topological polar surface area (TPSA) is 69.3 Å². The highest BCUT2D eigenvalue weighted by atomic mass is 32.1. The lowest BCUT2D eigenvalue weighted by Crippen LogP contribution is -2.47. The van der Waals surface area contributed by atoms with Gasteiger partial charge in [-0.3, -0.25) is 15.6 Å². The Labute approximate surface area is 164 Å². The number of nitrogens with one attached hydrogen (secondary N) is 3. The smallest absolute Gasteiger partial charge is 0.352 e. The van der Waals surface area contributed by atoms with Crippen LogP contribution in [0.2, 0.25) is 0 Å². The van der Waals surface area contributed by atoms with Crippen LogP contribution in [0.5, 0.6) is 0 Å². The minimum atomic E-state index is -4.46. The quantitative estimate of drug-likeness (QED) is 0.719. The third-order valence-corrected chi connectivity index (χ3v) is 6.57. The highest BCUT2D eigenvalue weighted by Gasteiger charge is 2.35. The number of hydrazine groups is 1. The number of alkyl halides is 3. The van der Waals surface area contributed by atoms with E-state index in [0.29, 0.717) is 21.8 Å². The van der Waals surface area contributed by atoms with Crippen molar-refractivity contribution >= 4 is 32.6 Å². The van der Waals surface area contributed by atoms with Gasteiger partial charge in [-0.2, -0.15) is 13.2 Å². The van der Waals surface area contributed by atoms with Gasteiger partial charge in [0.1, 0.15) is 0 Å². The summed E-state index contributed by atoms with van der Waals surface area (Å²) in [5, 5.41) is 3.45. The molecule has 1 aromatic heterocycles. The van der Waals surface area contributed by atoms with Crippen molar-refractivity contribution in [2.45, 2.75) is 37.5 Å². The van der Waals surface area contributed by atoms with Gasteiger partial charge in [0.15, 0.2) is 5.13 Å². The van der Waals surface area contributed by atoms with Crippen LogP contribution in [-0.2, 0) is 11.0 Å². The lowest BCUT2D eigenvalue weighted by molar-refractivity contribution is -0.136. The molecule has 0 bridgehead atoms. The van der Waals surface area contributed by atoms with E-state index in [2.05, 4.69) is 21.2 Å². The van der Waals surface area contributed by atoms with Crippen molar-refractivity contribution in [2.75, 3.05) is 25.0 Å². The molecule has 28 heavy (non-hydrogen) atoms. The number of thiazole rings is 1. The molecule has 152 valence electrons. The number of aromatic nitrogens is 1. The maximum atomic E-state index is 13.2. The molecule has 1 saturated heterocycles. The number of amides is 1. The van der Waals surface area contributed by atoms with E-state index < -0.39 is 11.7 Å². The van der Waals surface area contributed by atoms with Crippen LogP contribution in [0.1, 0.15) is 24.8 Å². The fourth-order valence-electron chi connectivity index (χ4n) is 3.99. The van der Waals surface area contributed by atoms with E-state index in [4.69, 9.17) is 0 Å². The Hall–Kier alpha value is -1.91. The van der Waals surface area contributed by atoms with Crippen LogP contribution >= 0.6 is 11.3 Å². The zero-order valence-corrected chi connectivity index (χ0v) is 16.2. The van der Waals surface area contributed by atoms with Crippen LogP contribution in [0.3, 0.4) is 0 Å². The molecular formula is C18H22F3N5OS. The molecule has 4 rings (SSSR count). The second kappa shape index (κ2) is 7.49. The summed E-state index contributed by atoms with van der Waals surface area (Å²) < 4.78 is 40.0. The molecule has 2 fully saturated rings. The number of benzene rings is 1. The van der Waals surface area contributed by atoms with Crippen molar-refractivity contribution in [3.8, 4) is 0 Å². The van der Waals surface area contributed by atoms with Gasteiger partial charge in [-0.05, 0) is 37.3 Å². The standard InChI is InChI=1S/C18H22F3N5OS/c1-26(9-15(27)23-11-6-5-10-8-22-25-13(10)7-11)17-24-16-12(18(19,20)21)3-2-4-14(16)28-17/h2-4,10-11,13,22,25H,5-9H2,1H3,(H,23,27). The molecule has 1 aliphatic carbocycles. The summed E-state index contributed by atoms with van der Waals surface area (Å²) in [7, 11) is 1.67. The van der Waals surface area contributed by atoms with Gasteiger partial charge >= 0.3 is 6.18 Å². The van der Waals surface area contributed by atoms with Crippen LogP contribution in [-0.4, -0.2) is 43.1 Å². The molecule has 2 heterocycles. The molecule has 1 amide bonds. The SMILES string of the molecule is CN(CC(=O)NC1CCC2CNNC2C1)c1nc2c(C(F)(F)F)cccc2s1. The highest BCUT2D eigenvalue weighted by Crippen LogP contribution is 2.38. The summed E-state index contributed by atoms with van der Waals surface area (Å²) in [5.41, 5.74) is 5.59. The number of fused-ring (bicyclic) bond motifs is 2. The molecule has 2 aromatic rings. The average molecular weight is 413 g/mol. The van der Waals surface area contributed by atoms with E-state index in [9.17, 15) is 18.0 Å². The van der Waals surface area contributed by atoms with Crippen LogP contribution in [0.15, 0.2) is 18.2 Å². The van der Waals surface area contributed by atoms with E-state index in [0.717, 1.165) is 43.2 Å². The second-order valence-electron chi connectivity index (χ2n) is 7.47. The van der Waals surface area contributed by atoms with Crippen LogP contribution in [0.25, 0.3) is 10.2 Å². The first-order chi connectivity index (χ1) is 13.3. The molecule has 1 aromatic carbocycles. The van der Waals surface area contributed by atoms with Crippen LogP contribution in [0.4, 0.5) is 18.3 Å². The third kappa shape index (κ3) is 3.94. The molecular weight excluding hydrogens is 391 g/mol. The Kier molecular flexibility index (Phi) is 5.19. The van der Waals surface area contributed by atoms with Gasteiger partial charge in [0.25, 0.3) is 0 Å². The molecule has 1 saturated carbocycles. The molecule has 3 unspecified atom stereocenters. The van der Waals surface area contributed by atoms with Gasteiger partial charge in [0, 0.05) is 25.7 Å². The number of para-hydroxylation sites is 1. The normalized spacial score (nSPS) is 24.9. The minimum Gasteiger partial charge on any atom is -0.352 e. The summed E-state index contributed by atoms with van der Waals surface area (Å²) in [6.07, 6.45) is -1.58. The highest BCUT2D eigenvalue weighted by molar-refractivity contribution is 7.22. The zero-order valence-electron chi connectivity index (χ0n) is 15.3. The Morgan fingerprint density at radius 3 is 3.00 bits per heavy atom. The van der Waals surface area contributed by atoms with Gasteiger partial charge in [-0.15, -0.1) is 0 Å². The molecule has 0 spiro atoms. The summed E-state index contributed by atoms with van der Waals surface area (Å²) in [6, 6.07) is 4.51. The fraction of sp³-hybridized carbons (Fsp3) is 0.556. The van der Waals surface area contributed by atoms with Gasteiger partial charge in [0.2, 0.25) is 5.91 Å². The average Bonchev–Trinajstić information content (AvgIpc) is 3.26. The van der Waals surface area contributed by atoms with Crippen molar-refractivity contribution in [1.29, 1.82) is 0 Å². The third-order valence-electron chi connectivity index (χ3n) is 5.43. The summed E-state index contributed by atoms with van der Waals surface area (Å²) >= 11 is 1.15. The van der Waals surface area contributed by atoms with Gasteiger partial charge in [0.05, 0.1) is 22.3 Å². The van der Waals surface area contributed by atoms with Gasteiger partial charge < -0.3 is 10.2 Å². The Bertz CT molecular complexity index is 871. The summed E-state index contributed by atoms with van der Waals surface area (Å²) in [5.74, 6) is 0.466. The number of carbonyl (C=O) groups excluding carboxylic acids is 1. The molecule has 2 aliphatic rings. The minimum absolute atomic E-state index is 0.0530. The number of hydrogen-bond acceptors (Lipinski definition) is 6. The van der Waals surface area contributed by atoms with Crippen molar-refractivity contribution in [3.05, 3.63) is 23.8 Å². The van der Waals surface area contributed by atoms with E-state index in [1.54, 1.807) is 18.0 Å². The number of hydrogen-bond donors (Lipinski definition) is 3. The lowest BCUT2D eigenvalue weighted by Gasteiger charge is -2.31.